The molecule has 0 bridgehead atoms. The summed E-state index contributed by atoms with van der Waals surface area (Å²) in [4.78, 5) is 29.3. The maximum atomic E-state index is 14.4. The molecule has 3 heterocycles. The number of pyridine rings is 1. The van der Waals surface area contributed by atoms with Crippen molar-refractivity contribution in [2.75, 3.05) is 0 Å². The van der Waals surface area contributed by atoms with Crippen molar-refractivity contribution in [3.05, 3.63) is 88.0 Å². The van der Waals surface area contributed by atoms with E-state index < -0.39 is 35.1 Å². The van der Waals surface area contributed by atoms with E-state index in [0.29, 0.717) is 17.3 Å². The molecule has 180 valence electrons. The maximum absolute atomic E-state index is 14.4. The van der Waals surface area contributed by atoms with E-state index in [-0.39, 0.29) is 16.9 Å². The van der Waals surface area contributed by atoms with Gasteiger partial charge in [-0.15, -0.1) is 5.10 Å². The number of carbonyl (C=O) groups excluding carboxylic acids is 1. The van der Waals surface area contributed by atoms with Gasteiger partial charge in [-0.3, -0.25) is 14.6 Å². The van der Waals surface area contributed by atoms with Gasteiger partial charge in [0.25, 0.3) is 11.5 Å². The van der Waals surface area contributed by atoms with Gasteiger partial charge in [0.05, 0.1) is 35.4 Å². The van der Waals surface area contributed by atoms with Crippen LogP contribution >= 0.6 is 0 Å². The molecular weight excluding hydrogens is 470 g/mol. The molecular formula is C22H17F4N7O2. The quantitative estimate of drug-likeness (QED) is 0.434. The zero-order valence-electron chi connectivity index (χ0n) is 18.3. The van der Waals surface area contributed by atoms with E-state index in [1.165, 1.54) is 30.2 Å². The Labute approximate surface area is 195 Å². The number of nitrogens with one attached hydrogen (secondary N) is 1. The Morgan fingerprint density at radius 1 is 1.11 bits per heavy atom. The second kappa shape index (κ2) is 9.08. The smallest absolute Gasteiger partial charge is 0.344 e. The summed E-state index contributed by atoms with van der Waals surface area (Å²) in [6, 6.07) is 5.57. The molecule has 0 spiro atoms. The van der Waals surface area contributed by atoms with Crippen molar-refractivity contribution in [1.29, 1.82) is 0 Å². The highest BCUT2D eigenvalue weighted by atomic mass is 19.4. The second-order valence-corrected chi connectivity index (χ2v) is 7.54. The highest BCUT2D eigenvalue weighted by Gasteiger charge is 2.35. The van der Waals surface area contributed by atoms with Gasteiger partial charge in [0, 0.05) is 30.4 Å². The molecule has 4 aromatic rings. The number of amides is 1. The van der Waals surface area contributed by atoms with Gasteiger partial charge < -0.3 is 5.32 Å². The normalized spacial score (nSPS) is 12.4. The Balaban J connectivity index is 1.62. The largest absolute Gasteiger partial charge is 0.419 e. The Bertz CT molecular complexity index is 1460. The number of nitrogens with zero attached hydrogens (tertiary/aromatic N) is 6. The van der Waals surface area contributed by atoms with Crippen LogP contribution in [-0.2, 0) is 13.2 Å². The van der Waals surface area contributed by atoms with Crippen LogP contribution in [0, 0.1) is 5.82 Å². The zero-order chi connectivity index (χ0) is 25.3. The van der Waals surface area contributed by atoms with Crippen LogP contribution in [0.5, 0.6) is 0 Å². The standard InChI is InChI=1S/C22H17F4N7O2/c1-12(15-4-3-5-16(20(15)23)22(24,25)26)29-21(35)17-6-7-19(34)33(30-17)14-8-13(9-27-10-14)18-11-28-31-32(18)2/h3-12H,1-2H3,(H,29,35)/t12-/m1/s1. The van der Waals surface area contributed by atoms with E-state index in [9.17, 15) is 27.2 Å². The van der Waals surface area contributed by atoms with E-state index in [0.717, 1.165) is 28.9 Å². The topological polar surface area (TPSA) is 108 Å². The summed E-state index contributed by atoms with van der Waals surface area (Å²) in [5.41, 5.74) is -1.08. The molecule has 0 saturated heterocycles. The average molecular weight is 487 g/mol. The third-order valence-corrected chi connectivity index (χ3v) is 5.16. The molecule has 1 N–H and O–H groups in total. The van der Waals surface area contributed by atoms with Gasteiger partial charge >= 0.3 is 6.18 Å². The van der Waals surface area contributed by atoms with Gasteiger partial charge in [-0.2, -0.15) is 23.0 Å². The number of carbonyl (C=O) groups is 1. The van der Waals surface area contributed by atoms with E-state index in [1.54, 1.807) is 13.1 Å². The van der Waals surface area contributed by atoms with Crippen molar-refractivity contribution < 1.29 is 22.4 Å². The van der Waals surface area contributed by atoms with Gasteiger partial charge in [-0.1, -0.05) is 17.3 Å². The molecule has 3 aromatic heterocycles. The predicted molar refractivity (Wildman–Crippen MR) is 115 cm³/mol. The third-order valence-electron chi connectivity index (χ3n) is 5.16. The molecule has 0 aliphatic carbocycles. The molecule has 1 aromatic carbocycles. The van der Waals surface area contributed by atoms with Crippen molar-refractivity contribution in [2.24, 2.45) is 7.05 Å². The number of hydrogen-bond acceptors (Lipinski definition) is 6. The van der Waals surface area contributed by atoms with Crippen molar-refractivity contribution in [2.45, 2.75) is 19.1 Å². The lowest BCUT2D eigenvalue weighted by molar-refractivity contribution is -0.140. The fraction of sp³-hybridized carbons (Fsp3) is 0.182. The molecule has 0 saturated carbocycles. The number of aryl methyl sites for hydroxylation is 1. The number of hydrogen-bond donors (Lipinski definition) is 1. The molecule has 13 heteroatoms. The van der Waals surface area contributed by atoms with Gasteiger partial charge in [-0.25, -0.2) is 9.07 Å². The fourth-order valence-electron chi connectivity index (χ4n) is 3.40. The minimum Gasteiger partial charge on any atom is -0.344 e. The Morgan fingerprint density at radius 2 is 1.89 bits per heavy atom. The van der Waals surface area contributed by atoms with Crippen LogP contribution in [0.2, 0.25) is 0 Å². The maximum Gasteiger partial charge on any atom is 0.419 e. The molecule has 4 rings (SSSR count). The second-order valence-electron chi connectivity index (χ2n) is 7.54. The van der Waals surface area contributed by atoms with E-state index in [1.807, 2.05) is 0 Å². The summed E-state index contributed by atoms with van der Waals surface area (Å²) in [7, 11) is 1.68. The van der Waals surface area contributed by atoms with E-state index in [2.05, 4.69) is 25.7 Å². The number of benzene rings is 1. The Kier molecular flexibility index (Phi) is 6.16. The molecule has 1 atom stereocenters. The van der Waals surface area contributed by atoms with E-state index in [4.69, 9.17) is 0 Å². The van der Waals surface area contributed by atoms with Gasteiger partial charge in [0.15, 0.2) is 0 Å². The lowest BCUT2D eigenvalue weighted by atomic mass is 10.0. The predicted octanol–water partition coefficient (Wildman–Crippen LogP) is 3.07. The van der Waals surface area contributed by atoms with Crippen LogP contribution in [0.1, 0.15) is 34.6 Å². The molecule has 0 unspecified atom stereocenters. The van der Waals surface area contributed by atoms with Crippen LogP contribution < -0.4 is 10.9 Å². The van der Waals surface area contributed by atoms with E-state index >= 15 is 0 Å². The third kappa shape index (κ3) is 4.78. The lowest BCUT2D eigenvalue weighted by Crippen LogP contribution is -2.31. The highest BCUT2D eigenvalue weighted by Crippen LogP contribution is 2.33. The minimum atomic E-state index is -4.88. The summed E-state index contributed by atoms with van der Waals surface area (Å²) < 4.78 is 56.0. The molecule has 9 nitrogen and oxygen atoms in total. The minimum absolute atomic E-state index is 0.212. The lowest BCUT2D eigenvalue weighted by Gasteiger charge is -2.17. The van der Waals surface area contributed by atoms with Gasteiger partial charge in [0.1, 0.15) is 11.5 Å². The first kappa shape index (κ1) is 23.7. The Hall–Kier alpha value is -4.42. The first-order valence-corrected chi connectivity index (χ1v) is 10.1. The molecule has 0 radical (unpaired) electrons. The van der Waals surface area contributed by atoms with Crippen molar-refractivity contribution in [1.82, 2.24) is 35.1 Å². The molecule has 0 aliphatic heterocycles. The summed E-state index contributed by atoms with van der Waals surface area (Å²) >= 11 is 0. The fourth-order valence-corrected chi connectivity index (χ4v) is 3.40. The summed E-state index contributed by atoms with van der Waals surface area (Å²) in [5.74, 6) is -2.29. The number of alkyl halides is 3. The summed E-state index contributed by atoms with van der Waals surface area (Å²) in [6.07, 6.45) is -0.469. The number of aromatic nitrogens is 6. The van der Waals surface area contributed by atoms with Crippen LogP contribution in [0.3, 0.4) is 0 Å². The summed E-state index contributed by atoms with van der Waals surface area (Å²) in [5, 5.41) is 14.1. The number of rotatable bonds is 5. The monoisotopic (exact) mass is 487 g/mol. The van der Waals surface area contributed by atoms with Crippen LogP contribution in [0.15, 0.2) is 59.8 Å². The van der Waals surface area contributed by atoms with Crippen LogP contribution in [0.25, 0.3) is 16.9 Å². The molecule has 35 heavy (non-hydrogen) atoms. The van der Waals surface area contributed by atoms with Crippen LogP contribution in [-0.4, -0.2) is 35.7 Å². The van der Waals surface area contributed by atoms with Gasteiger partial charge in [-0.05, 0) is 25.1 Å². The van der Waals surface area contributed by atoms with Gasteiger partial charge in [0.2, 0.25) is 0 Å². The SMILES string of the molecule is C[C@@H](NC(=O)c1ccc(=O)n(-c2cncc(-c3cnnn3C)c2)n1)c1cccc(C(F)(F)F)c1F. The first-order valence-electron chi connectivity index (χ1n) is 10.1. The van der Waals surface area contributed by atoms with Crippen molar-refractivity contribution in [3.8, 4) is 16.9 Å². The zero-order valence-corrected chi connectivity index (χ0v) is 18.3. The first-order chi connectivity index (χ1) is 16.6. The molecule has 0 fully saturated rings. The van der Waals surface area contributed by atoms with Crippen LogP contribution in [0.4, 0.5) is 17.6 Å². The molecule has 1 amide bonds. The average Bonchev–Trinajstić information content (AvgIpc) is 3.24. The summed E-state index contributed by atoms with van der Waals surface area (Å²) in [6.45, 7) is 1.34. The molecule has 0 aliphatic rings. The number of halogens is 4. The van der Waals surface area contributed by atoms with Crippen molar-refractivity contribution in [3.63, 3.8) is 0 Å². The van der Waals surface area contributed by atoms with Crippen molar-refractivity contribution >= 4 is 5.91 Å². The highest BCUT2D eigenvalue weighted by molar-refractivity contribution is 5.92. The Morgan fingerprint density at radius 3 is 2.57 bits per heavy atom.